The molecule has 1 aromatic heterocycles. The fraction of sp³-hybridized carbons (Fsp3) is 0.636. The smallest absolute Gasteiger partial charge is 0.115 e. The molecule has 1 rings (SSSR count). The monoisotopic (exact) mass is 195 g/mol. The molecule has 80 valence electrons. The van der Waals surface area contributed by atoms with Crippen LogP contribution in [0.15, 0.2) is 18.7 Å². The lowest BCUT2D eigenvalue weighted by Gasteiger charge is -2.00. The van der Waals surface area contributed by atoms with Gasteiger partial charge in [-0.05, 0) is 38.4 Å². The Hall–Kier alpha value is -0.960. The summed E-state index contributed by atoms with van der Waals surface area (Å²) in [5.74, 6) is 0.840. The predicted molar refractivity (Wildman–Crippen MR) is 60.2 cm³/mol. The lowest BCUT2D eigenvalue weighted by molar-refractivity contribution is 0.562. The number of aromatic nitrogens is 2. The third-order valence-electron chi connectivity index (χ3n) is 1.66. The predicted octanol–water partition coefficient (Wildman–Crippen LogP) is 2.04. The van der Waals surface area contributed by atoms with Gasteiger partial charge >= 0.3 is 0 Å². The normalized spacial score (nSPS) is 9.50. The first-order valence-electron chi connectivity index (χ1n) is 5.03. The Balaban J connectivity index is 0.000000241. The molecular formula is C11H21N3. The van der Waals surface area contributed by atoms with Crippen molar-refractivity contribution in [3.8, 4) is 0 Å². The van der Waals surface area contributed by atoms with Crippen LogP contribution in [-0.2, 0) is 0 Å². The summed E-state index contributed by atoms with van der Waals surface area (Å²) >= 11 is 0. The Kier molecular flexibility index (Phi) is 8.04. The molecule has 0 aromatic carbocycles. The zero-order valence-corrected chi connectivity index (χ0v) is 9.62. The molecule has 1 heterocycles. The van der Waals surface area contributed by atoms with Crippen LogP contribution in [0.5, 0.6) is 0 Å². The minimum absolute atomic E-state index is 0.840. The van der Waals surface area contributed by atoms with E-state index in [4.69, 9.17) is 0 Å². The molecule has 0 saturated heterocycles. The standard InChI is InChI=1S/C6H15N.C5H6N2/c1-6(2)4-5-7-3;1-5-2-6-4-7-3-5/h6-7H,4-5H2,1-3H3;2-4H,1H3. The van der Waals surface area contributed by atoms with Gasteiger partial charge in [0.05, 0.1) is 0 Å². The fourth-order valence-corrected chi connectivity index (χ4v) is 0.807. The third kappa shape index (κ3) is 9.13. The summed E-state index contributed by atoms with van der Waals surface area (Å²) < 4.78 is 0. The van der Waals surface area contributed by atoms with E-state index in [1.165, 1.54) is 12.7 Å². The maximum absolute atomic E-state index is 3.77. The van der Waals surface area contributed by atoms with E-state index < -0.39 is 0 Å². The van der Waals surface area contributed by atoms with Gasteiger partial charge in [0.25, 0.3) is 0 Å². The van der Waals surface area contributed by atoms with E-state index in [-0.39, 0.29) is 0 Å². The fourth-order valence-electron chi connectivity index (χ4n) is 0.807. The van der Waals surface area contributed by atoms with Gasteiger partial charge in [0.2, 0.25) is 0 Å². The van der Waals surface area contributed by atoms with Crippen LogP contribution in [0.1, 0.15) is 25.8 Å². The minimum Gasteiger partial charge on any atom is -0.320 e. The van der Waals surface area contributed by atoms with Gasteiger partial charge in [-0.15, -0.1) is 0 Å². The Morgan fingerprint density at radius 1 is 1.29 bits per heavy atom. The SMILES string of the molecule is CNCCC(C)C.Cc1cncnc1. The molecule has 3 heteroatoms. The molecule has 0 aliphatic rings. The summed E-state index contributed by atoms with van der Waals surface area (Å²) in [7, 11) is 1.99. The van der Waals surface area contributed by atoms with Gasteiger partial charge in [0.1, 0.15) is 6.33 Å². The third-order valence-corrected chi connectivity index (χ3v) is 1.66. The van der Waals surface area contributed by atoms with Crippen molar-refractivity contribution in [1.82, 2.24) is 15.3 Å². The molecule has 14 heavy (non-hydrogen) atoms. The average Bonchev–Trinajstić information content (AvgIpc) is 2.17. The first-order chi connectivity index (χ1) is 6.66. The number of rotatable bonds is 3. The molecule has 0 aliphatic carbocycles. The molecule has 0 unspecified atom stereocenters. The highest BCUT2D eigenvalue weighted by Crippen LogP contribution is 1.94. The molecule has 1 aromatic rings. The largest absolute Gasteiger partial charge is 0.320 e. The summed E-state index contributed by atoms with van der Waals surface area (Å²) in [5.41, 5.74) is 1.10. The van der Waals surface area contributed by atoms with Gasteiger partial charge in [-0.25, -0.2) is 9.97 Å². The summed E-state index contributed by atoms with van der Waals surface area (Å²) in [4.78, 5) is 7.55. The molecule has 3 nitrogen and oxygen atoms in total. The summed E-state index contributed by atoms with van der Waals surface area (Å²) in [6.07, 6.45) is 6.35. The second kappa shape index (κ2) is 8.63. The van der Waals surface area contributed by atoms with Crippen molar-refractivity contribution in [3.63, 3.8) is 0 Å². The van der Waals surface area contributed by atoms with Crippen LogP contribution in [0, 0.1) is 12.8 Å². The molecule has 0 saturated carbocycles. The van der Waals surface area contributed by atoms with E-state index in [1.54, 1.807) is 12.4 Å². The quantitative estimate of drug-likeness (QED) is 0.802. The van der Waals surface area contributed by atoms with Crippen LogP contribution in [-0.4, -0.2) is 23.6 Å². The van der Waals surface area contributed by atoms with E-state index in [1.807, 2.05) is 14.0 Å². The molecule has 1 N–H and O–H groups in total. The van der Waals surface area contributed by atoms with Crippen molar-refractivity contribution in [2.45, 2.75) is 27.2 Å². The van der Waals surface area contributed by atoms with E-state index >= 15 is 0 Å². The molecule has 0 atom stereocenters. The molecule has 0 radical (unpaired) electrons. The Bertz CT molecular complexity index is 209. The van der Waals surface area contributed by atoms with Crippen molar-refractivity contribution in [3.05, 3.63) is 24.3 Å². The van der Waals surface area contributed by atoms with Crippen molar-refractivity contribution < 1.29 is 0 Å². The van der Waals surface area contributed by atoms with Gasteiger partial charge < -0.3 is 5.32 Å². The number of aryl methyl sites for hydroxylation is 1. The Morgan fingerprint density at radius 3 is 2.07 bits per heavy atom. The van der Waals surface area contributed by atoms with Gasteiger partial charge in [-0.1, -0.05) is 13.8 Å². The number of hydrogen-bond donors (Lipinski definition) is 1. The maximum Gasteiger partial charge on any atom is 0.115 e. The van der Waals surface area contributed by atoms with Crippen LogP contribution in [0.25, 0.3) is 0 Å². The summed E-state index contributed by atoms with van der Waals surface area (Å²) in [6, 6.07) is 0. The van der Waals surface area contributed by atoms with Crippen molar-refractivity contribution in [2.24, 2.45) is 5.92 Å². The van der Waals surface area contributed by atoms with Crippen LogP contribution >= 0.6 is 0 Å². The van der Waals surface area contributed by atoms with Gasteiger partial charge in [0, 0.05) is 12.4 Å². The van der Waals surface area contributed by atoms with Crippen molar-refractivity contribution in [1.29, 1.82) is 0 Å². The zero-order valence-electron chi connectivity index (χ0n) is 9.62. The molecule has 0 amide bonds. The maximum atomic E-state index is 3.77. The molecule has 0 spiro atoms. The van der Waals surface area contributed by atoms with Crippen LogP contribution < -0.4 is 5.32 Å². The lowest BCUT2D eigenvalue weighted by atomic mass is 10.1. The average molecular weight is 195 g/mol. The molecular weight excluding hydrogens is 174 g/mol. The number of nitrogens with one attached hydrogen (secondary N) is 1. The van der Waals surface area contributed by atoms with Crippen LogP contribution in [0.4, 0.5) is 0 Å². The second-order valence-corrected chi connectivity index (χ2v) is 3.70. The van der Waals surface area contributed by atoms with Crippen LogP contribution in [0.3, 0.4) is 0 Å². The minimum atomic E-state index is 0.840. The van der Waals surface area contributed by atoms with Crippen molar-refractivity contribution in [2.75, 3.05) is 13.6 Å². The highest BCUT2D eigenvalue weighted by Gasteiger charge is 1.88. The van der Waals surface area contributed by atoms with Gasteiger partial charge in [-0.2, -0.15) is 0 Å². The van der Waals surface area contributed by atoms with Gasteiger partial charge in [0.15, 0.2) is 0 Å². The Labute approximate surface area is 87.0 Å². The highest BCUT2D eigenvalue weighted by atomic mass is 14.8. The number of hydrogen-bond acceptors (Lipinski definition) is 3. The lowest BCUT2D eigenvalue weighted by Crippen LogP contribution is -2.09. The van der Waals surface area contributed by atoms with E-state index in [0.717, 1.165) is 18.0 Å². The zero-order chi connectivity index (χ0) is 10.8. The highest BCUT2D eigenvalue weighted by molar-refractivity contribution is 4.96. The molecule has 0 aliphatic heterocycles. The topological polar surface area (TPSA) is 37.8 Å². The van der Waals surface area contributed by atoms with E-state index in [2.05, 4.69) is 29.1 Å². The summed E-state index contributed by atoms with van der Waals surface area (Å²) in [5, 5.41) is 3.10. The number of nitrogens with zero attached hydrogens (tertiary/aromatic N) is 2. The molecule has 0 fully saturated rings. The van der Waals surface area contributed by atoms with E-state index in [9.17, 15) is 0 Å². The first-order valence-corrected chi connectivity index (χ1v) is 5.03. The Morgan fingerprint density at radius 2 is 1.86 bits per heavy atom. The second-order valence-electron chi connectivity index (χ2n) is 3.70. The van der Waals surface area contributed by atoms with Crippen molar-refractivity contribution >= 4 is 0 Å². The summed E-state index contributed by atoms with van der Waals surface area (Å²) in [6.45, 7) is 7.58. The molecule has 0 bridgehead atoms. The van der Waals surface area contributed by atoms with E-state index in [0.29, 0.717) is 0 Å². The first kappa shape index (κ1) is 13.0. The van der Waals surface area contributed by atoms with Crippen LogP contribution in [0.2, 0.25) is 0 Å². The van der Waals surface area contributed by atoms with Gasteiger partial charge in [-0.3, -0.25) is 0 Å².